The first-order chi connectivity index (χ1) is 19.9. The number of carboxylic acids is 1. The highest BCUT2D eigenvalue weighted by molar-refractivity contribution is 7.14. The van der Waals surface area contributed by atoms with Gasteiger partial charge in [0.25, 0.3) is 0 Å². The summed E-state index contributed by atoms with van der Waals surface area (Å²) >= 11 is 1.25. The van der Waals surface area contributed by atoms with Crippen LogP contribution in [-0.2, 0) is 0 Å². The maximum atomic E-state index is 15.7. The minimum atomic E-state index is -6.24. The molecule has 0 fully saturated rings. The Bertz CT molecular complexity index is 1800. The van der Waals surface area contributed by atoms with E-state index in [-0.39, 0.29) is 27.6 Å². The van der Waals surface area contributed by atoms with Gasteiger partial charge in [0.15, 0.2) is 0 Å². The lowest BCUT2D eigenvalue weighted by Gasteiger charge is -2.27. The average Bonchev–Trinajstić information content (AvgIpc) is 3.59. The van der Waals surface area contributed by atoms with E-state index in [1.54, 1.807) is 0 Å². The Hall–Kier alpha value is -2.79. The minimum absolute atomic E-state index is 0.156. The second-order valence-corrected chi connectivity index (χ2v) is 14.0. The highest BCUT2D eigenvalue weighted by Crippen LogP contribution is 2.70. The Labute approximate surface area is 251 Å². The third-order valence-corrected chi connectivity index (χ3v) is 10.5. The van der Waals surface area contributed by atoms with Gasteiger partial charge in [-0.1, -0.05) is 0 Å². The summed E-state index contributed by atoms with van der Waals surface area (Å²) < 4.78 is 184. The molecule has 0 amide bonds. The molecule has 44 heavy (non-hydrogen) atoms. The van der Waals surface area contributed by atoms with Crippen LogP contribution in [0.5, 0.6) is 0 Å². The molecule has 5 rings (SSSR count). The summed E-state index contributed by atoms with van der Waals surface area (Å²) in [6, 6.07) is 1.23. The van der Waals surface area contributed by atoms with Crippen molar-refractivity contribution in [2.45, 2.75) is 63.2 Å². The Morgan fingerprint density at radius 3 is 1.36 bits per heavy atom. The maximum Gasteiger partial charge on any atom is 0.380 e. The zero-order chi connectivity index (χ0) is 33.3. The van der Waals surface area contributed by atoms with E-state index in [4.69, 9.17) is 0 Å². The van der Waals surface area contributed by atoms with Gasteiger partial charge in [-0.05, 0) is 56.3 Å². The predicted octanol–water partition coefficient (Wildman–Crippen LogP) is 10.5. The molecule has 238 valence electrons. The lowest BCUT2D eigenvalue weighted by molar-refractivity contribution is -0.254. The molecule has 0 spiro atoms. The van der Waals surface area contributed by atoms with Crippen molar-refractivity contribution >= 4 is 62.3 Å². The maximum absolute atomic E-state index is 15.7. The zero-order valence-corrected chi connectivity index (χ0v) is 24.8. The quantitative estimate of drug-likeness (QED) is 0.270. The number of carboxylic acid groups (broad SMARTS) is 1. The fraction of sp³-hybridized carbons (Fsp3) is 0.370. The van der Waals surface area contributed by atoms with Crippen LogP contribution in [0.1, 0.15) is 51.4 Å². The van der Waals surface area contributed by atoms with E-state index in [0.717, 1.165) is 39.1 Å². The summed E-state index contributed by atoms with van der Waals surface area (Å²) in [5, 5.41) is 10.4. The van der Waals surface area contributed by atoms with E-state index in [0.29, 0.717) is 17.4 Å². The monoisotopic (exact) mass is 696 g/mol. The number of hydrogen-bond acceptors (Lipinski definition) is 4. The number of allylic oxidation sites excluding steroid dienone is 4. The molecule has 0 radical (unpaired) electrons. The highest BCUT2D eigenvalue weighted by atomic mass is 32.1. The molecule has 0 atom stereocenters. The van der Waals surface area contributed by atoms with E-state index in [9.17, 15) is 18.7 Å². The van der Waals surface area contributed by atoms with Crippen LogP contribution in [0, 0.1) is 27.7 Å². The summed E-state index contributed by atoms with van der Waals surface area (Å²) in [6.45, 7) is 3.84. The first kappa shape index (κ1) is 32.6. The molecule has 2 aliphatic carbocycles. The second-order valence-electron chi connectivity index (χ2n) is 10.2. The number of alkyl halides is 12. The third kappa shape index (κ3) is 3.77. The van der Waals surface area contributed by atoms with Crippen LogP contribution >= 0.6 is 34.0 Å². The number of halogens is 12. The van der Waals surface area contributed by atoms with Gasteiger partial charge in [0.1, 0.15) is 4.88 Å². The van der Waals surface area contributed by atoms with Crippen molar-refractivity contribution in [2.24, 2.45) is 0 Å². The standard InChI is InChI=1S/C27H16F12O2S3/c1-8-12(5-6-42-8)17-19(24(32,33)26(36,37)22(17,28)29)15-10(3)43-11(4)16(15)20-18(13-7-14(21(40)41)44-9(13)2)23(30,31)27(38,39)25(20,34)35/h5-7H,1-4H3,(H,40,41). The van der Waals surface area contributed by atoms with E-state index < -0.39 is 106 Å². The molecule has 0 saturated heterocycles. The highest BCUT2D eigenvalue weighted by Gasteiger charge is 2.83. The minimum Gasteiger partial charge on any atom is -0.477 e. The van der Waals surface area contributed by atoms with E-state index in [1.807, 2.05) is 0 Å². The van der Waals surface area contributed by atoms with Gasteiger partial charge in [0.2, 0.25) is 0 Å². The van der Waals surface area contributed by atoms with Crippen molar-refractivity contribution in [3.05, 3.63) is 64.2 Å². The van der Waals surface area contributed by atoms with Crippen LogP contribution in [0.2, 0.25) is 0 Å². The molecule has 2 aliphatic rings. The number of carbonyl (C=O) groups is 1. The lowest BCUT2D eigenvalue weighted by Crippen LogP contribution is -2.49. The van der Waals surface area contributed by atoms with Gasteiger partial charge in [-0.25, -0.2) is 4.79 Å². The van der Waals surface area contributed by atoms with Gasteiger partial charge in [0.05, 0.1) is 0 Å². The molecule has 3 aromatic heterocycles. The molecule has 2 nitrogen and oxygen atoms in total. The summed E-state index contributed by atoms with van der Waals surface area (Å²) in [5.74, 6) is -37.2. The van der Waals surface area contributed by atoms with Crippen molar-refractivity contribution in [3.8, 4) is 0 Å². The van der Waals surface area contributed by atoms with Gasteiger partial charge >= 0.3 is 41.5 Å². The Morgan fingerprint density at radius 2 is 1.00 bits per heavy atom. The summed E-state index contributed by atoms with van der Waals surface area (Å²) in [6.07, 6.45) is 0. The average molecular weight is 697 g/mol. The van der Waals surface area contributed by atoms with Crippen LogP contribution < -0.4 is 0 Å². The smallest absolute Gasteiger partial charge is 0.380 e. The van der Waals surface area contributed by atoms with E-state index in [2.05, 4.69) is 0 Å². The molecule has 1 N–H and O–H groups in total. The summed E-state index contributed by atoms with van der Waals surface area (Å²) in [5.41, 5.74) is -13.3. The first-order valence-electron chi connectivity index (χ1n) is 12.2. The van der Waals surface area contributed by atoms with Crippen LogP contribution in [0.15, 0.2) is 17.5 Å². The number of hydrogen-bond donors (Lipinski definition) is 1. The molecular weight excluding hydrogens is 680 g/mol. The summed E-state index contributed by atoms with van der Waals surface area (Å²) in [4.78, 5) is 8.94. The van der Waals surface area contributed by atoms with Gasteiger partial charge in [-0.3, -0.25) is 0 Å². The molecule has 0 unspecified atom stereocenters. The lowest BCUT2D eigenvalue weighted by atomic mass is 9.86. The summed E-state index contributed by atoms with van der Waals surface area (Å²) in [7, 11) is 0. The van der Waals surface area contributed by atoms with Crippen molar-refractivity contribution in [2.75, 3.05) is 0 Å². The van der Waals surface area contributed by atoms with Crippen molar-refractivity contribution in [3.63, 3.8) is 0 Å². The molecule has 3 heterocycles. The van der Waals surface area contributed by atoms with Crippen LogP contribution in [0.3, 0.4) is 0 Å². The molecule has 0 bridgehead atoms. The number of aryl methyl sites for hydroxylation is 4. The van der Waals surface area contributed by atoms with Gasteiger partial charge in [-0.15, -0.1) is 34.0 Å². The molecule has 0 aliphatic heterocycles. The predicted molar refractivity (Wildman–Crippen MR) is 142 cm³/mol. The number of thiophene rings is 3. The molecule has 0 saturated carbocycles. The largest absolute Gasteiger partial charge is 0.477 e. The topological polar surface area (TPSA) is 37.3 Å². The molecular formula is C27H16F12O2S3. The van der Waals surface area contributed by atoms with E-state index >= 15 is 43.9 Å². The molecule has 3 aromatic rings. The van der Waals surface area contributed by atoms with Crippen molar-refractivity contribution in [1.29, 1.82) is 0 Å². The van der Waals surface area contributed by atoms with Crippen LogP contribution in [0.4, 0.5) is 52.7 Å². The Kier molecular flexibility index (Phi) is 6.94. The van der Waals surface area contributed by atoms with Gasteiger partial charge in [-0.2, -0.15) is 52.7 Å². The Morgan fingerprint density at radius 1 is 0.591 bits per heavy atom. The van der Waals surface area contributed by atoms with Crippen molar-refractivity contribution in [1.82, 2.24) is 0 Å². The molecule has 17 heteroatoms. The van der Waals surface area contributed by atoms with Crippen molar-refractivity contribution < 1.29 is 62.6 Å². The van der Waals surface area contributed by atoms with Gasteiger partial charge in [0, 0.05) is 52.9 Å². The van der Waals surface area contributed by atoms with Crippen LogP contribution in [-0.4, -0.2) is 46.6 Å². The zero-order valence-electron chi connectivity index (χ0n) is 22.3. The molecule has 0 aromatic carbocycles. The second kappa shape index (κ2) is 9.37. The van der Waals surface area contributed by atoms with Crippen LogP contribution in [0.25, 0.3) is 22.3 Å². The fourth-order valence-electron chi connectivity index (χ4n) is 5.59. The third-order valence-electron chi connectivity index (χ3n) is 7.62. The normalized spacial score (nSPS) is 22.7. The SMILES string of the molecule is Cc1sccc1C1=C(c2c(C)sc(C)c2C2=C(c3cc(C(=O)O)sc3C)C(F)(F)C(F)(F)C2(F)F)C(F)(F)C(F)(F)C1(F)F. The fourth-order valence-corrected chi connectivity index (χ4v) is 8.23. The van der Waals surface area contributed by atoms with Gasteiger partial charge < -0.3 is 5.11 Å². The number of rotatable bonds is 5. The van der Waals surface area contributed by atoms with E-state index in [1.165, 1.54) is 0 Å². The first-order valence-corrected chi connectivity index (χ1v) is 14.7. The number of aromatic carboxylic acids is 1. The Balaban J connectivity index is 2.02.